The molecule has 2 aromatic rings. The van der Waals surface area contributed by atoms with Crippen LogP contribution in [0.5, 0.6) is 0 Å². The predicted molar refractivity (Wildman–Crippen MR) is 75.7 cm³/mol. The first-order valence-electron chi connectivity index (χ1n) is 7.18. The molecule has 1 aliphatic carbocycles. The van der Waals surface area contributed by atoms with Gasteiger partial charge in [0, 0.05) is 18.3 Å². The lowest BCUT2D eigenvalue weighted by atomic mass is 10.1. The van der Waals surface area contributed by atoms with Crippen molar-refractivity contribution in [1.29, 1.82) is 0 Å². The highest BCUT2D eigenvalue weighted by Gasteiger charge is 2.40. The molecule has 0 radical (unpaired) electrons. The lowest BCUT2D eigenvalue weighted by Crippen LogP contribution is -2.48. The van der Waals surface area contributed by atoms with Crippen molar-refractivity contribution >= 4 is 11.4 Å². The number of carbonyl (C=O) groups is 1. The van der Waals surface area contributed by atoms with E-state index in [0.29, 0.717) is 11.7 Å². The van der Waals surface area contributed by atoms with Crippen molar-refractivity contribution in [3.05, 3.63) is 35.9 Å². The van der Waals surface area contributed by atoms with E-state index in [0.717, 1.165) is 30.0 Å². The van der Waals surface area contributed by atoms with Crippen molar-refractivity contribution in [2.75, 3.05) is 6.54 Å². The van der Waals surface area contributed by atoms with Crippen molar-refractivity contribution in [1.82, 2.24) is 20.0 Å². The van der Waals surface area contributed by atoms with Crippen LogP contribution in [-0.4, -0.2) is 33.9 Å². The molecule has 0 spiro atoms. The fourth-order valence-electron chi connectivity index (χ4n) is 3.52. The quantitative estimate of drug-likeness (QED) is 0.860. The number of carbonyl (C=O) groups excluding carboxylic acids is 1. The van der Waals surface area contributed by atoms with Crippen molar-refractivity contribution in [3.63, 3.8) is 0 Å². The highest BCUT2D eigenvalue weighted by molar-refractivity contribution is 5.93. The number of fused-ring (bicyclic) bond motifs is 3. The molecule has 1 saturated carbocycles. The van der Waals surface area contributed by atoms with Gasteiger partial charge in [-0.05, 0) is 49.9 Å². The fourth-order valence-corrected chi connectivity index (χ4v) is 3.52. The molecule has 0 aromatic carbocycles. The van der Waals surface area contributed by atoms with Gasteiger partial charge in [0.2, 0.25) is 0 Å². The van der Waals surface area contributed by atoms with Crippen LogP contribution in [0.1, 0.15) is 28.9 Å². The third kappa shape index (κ3) is 1.81. The van der Waals surface area contributed by atoms with E-state index in [-0.39, 0.29) is 11.9 Å². The highest BCUT2D eigenvalue weighted by Crippen LogP contribution is 2.31. The molecular formula is C15H18N4O. The minimum absolute atomic E-state index is 0.0625. The van der Waals surface area contributed by atoms with Crippen LogP contribution in [0, 0.1) is 12.8 Å². The maximum atomic E-state index is 12.3. The molecule has 2 bridgehead atoms. The van der Waals surface area contributed by atoms with Crippen molar-refractivity contribution in [2.45, 2.75) is 31.8 Å². The maximum absolute atomic E-state index is 12.3. The third-order valence-electron chi connectivity index (χ3n) is 4.64. The van der Waals surface area contributed by atoms with Crippen LogP contribution in [0.3, 0.4) is 0 Å². The summed E-state index contributed by atoms with van der Waals surface area (Å²) in [5.74, 6) is 0.668. The molecule has 20 heavy (non-hydrogen) atoms. The van der Waals surface area contributed by atoms with Gasteiger partial charge in [0.15, 0.2) is 0 Å². The molecule has 104 valence electrons. The molecular weight excluding hydrogens is 252 g/mol. The number of rotatable bonds is 2. The van der Waals surface area contributed by atoms with Crippen LogP contribution in [-0.2, 0) is 0 Å². The Kier molecular flexibility index (Phi) is 2.57. The smallest absolute Gasteiger partial charge is 0.270 e. The fraction of sp³-hybridized carbons (Fsp3) is 0.467. The third-order valence-corrected chi connectivity index (χ3v) is 4.64. The van der Waals surface area contributed by atoms with Crippen LogP contribution >= 0.6 is 0 Å². The van der Waals surface area contributed by atoms with E-state index in [4.69, 9.17) is 0 Å². The van der Waals surface area contributed by atoms with Gasteiger partial charge in [-0.15, -0.1) is 0 Å². The van der Waals surface area contributed by atoms with E-state index in [9.17, 15) is 4.79 Å². The molecule has 5 heteroatoms. The second-order valence-corrected chi connectivity index (χ2v) is 6.00. The molecule has 2 fully saturated rings. The number of hydrogen-bond donors (Lipinski definition) is 2. The SMILES string of the molecule is Cc1ccn2cnc(C(=O)NC3CC4CNC3C4)cc12. The van der Waals surface area contributed by atoms with E-state index in [1.807, 2.05) is 29.7 Å². The minimum atomic E-state index is -0.0625. The summed E-state index contributed by atoms with van der Waals surface area (Å²) in [5, 5.41) is 6.59. The average Bonchev–Trinajstić information content (AvgIpc) is 3.15. The summed E-state index contributed by atoms with van der Waals surface area (Å²) in [4.78, 5) is 16.6. The Labute approximate surface area is 117 Å². The summed E-state index contributed by atoms with van der Waals surface area (Å²) in [6, 6.07) is 4.60. The number of nitrogens with zero attached hydrogens (tertiary/aromatic N) is 2. The summed E-state index contributed by atoms with van der Waals surface area (Å²) >= 11 is 0. The van der Waals surface area contributed by atoms with Gasteiger partial charge in [0.1, 0.15) is 5.69 Å². The van der Waals surface area contributed by atoms with E-state index in [1.165, 1.54) is 6.42 Å². The van der Waals surface area contributed by atoms with Crippen molar-refractivity contribution in [3.8, 4) is 0 Å². The van der Waals surface area contributed by atoms with Crippen LogP contribution in [0.2, 0.25) is 0 Å². The predicted octanol–water partition coefficient (Wildman–Crippen LogP) is 1.12. The zero-order valence-corrected chi connectivity index (χ0v) is 11.5. The molecule has 1 saturated heterocycles. The molecule has 2 aliphatic rings. The van der Waals surface area contributed by atoms with E-state index in [1.54, 1.807) is 6.33 Å². The van der Waals surface area contributed by atoms with Crippen LogP contribution in [0.25, 0.3) is 5.52 Å². The molecule has 1 amide bonds. The number of nitrogens with one attached hydrogen (secondary N) is 2. The van der Waals surface area contributed by atoms with Gasteiger partial charge in [-0.1, -0.05) is 0 Å². The van der Waals surface area contributed by atoms with Gasteiger partial charge in [0.05, 0.1) is 11.8 Å². The highest BCUT2D eigenvalue weighted by atomic mass is 16.2. The molecule has 3 unspecified atom stereocenters. The molecule has 5 nitrogen and oxygen atoms in total. The summed E-state index contributed by atoms with van der Waals surface area (Å²) in [7, 11) is 0. The first-order valence-corrected chi connectivity index (χ1v) is 7.18. The van der Waals surface area contributed by atoms with Gasteiger partial charge in [-0.2, -0.15) is 0 Å². The zero-order chi connectivity index (χ0) is 13.7. The van der Waals surface area contributed by atoms with Gasteiger partial charge < -0.3 is 15.0 Å². The Morgan fingerprint density at radius 1 is 1.50 bits per heavy atom. The van der Waals surface area contributed by atoms with Crippen molar-refractivity contribution < 1.29 is 4.79 Å². The van der Waals surface area contributed by atoms with E-state index < -0.39 is 0 Å². The Morgan fingerprint density at radius 2 is 2.40 bits per heavy atom. The van der Waals surface area contributed by atoms with Gasteiger partial charge >= 0.3 is 0 Å². The lowest BCUT2D eigenvalue weighted by Gasteiger charge is -2.23. The van der Waals surface area contributed by atoms with Gasteiger partial charge in [-0.25, -0.2) is 4.98 Å². The van der Waals surface area contributed by atoms with E-state index in [2.05, 4.69) is 15.6 Å². The van der Waals surface area contributed by atoms with E-state index >= 15 is 0 Å². The Balaban J connectivity index is 1.56. The molecule has 1 aliphatic heterocycles. The number of hydrogen-bond acceptors (Lipinski definition) is 3. The Bertz CT molecular complexity index is 678. The standard InChI is InChI=1S/C15H18N4O/c1-9-2-3-19-8-17-13(6-14(9)19)15(20)18-12-5-10-4-11(12)16-7-10/h2-3,6,8,10-12,16H,4-5,7H2,1H3,(H,18,20). The van der Waals surface area contributed by atoms with Gasteiger partial charge in [-0.3, -0.25) is 4.79 Å². The molecule has 3 atom stereocenters. The first-order chi connectivity index (χ1) is 9.70. The topological polar surface area (TPSA) is 58.4 Å². The maximum Gasteiger partial charge on any atom is 0.270 e. The molecule has 2 N–H and O–H groups in total. The number of aryl methyl sites for hydroxylation is 1. The largest absolute Gasteiger partial charge is 0.346 e. The first kappa shape index (κ1) is 11.9. The second-order valence-electron chi connectivity index (χ2n) is 6.00. The Hall–Kier alpha value is -1.88. The molecule has 4 rings (SSSR count). The summed E-state index contributed by atoms with van der Waals surface area (Å²) in [6.45, 7) is 3.14. The Morgan fingerprint density at radius 3 is 3.15 bits per heavy atom. The molecule has 2 aromatic heterocycles. The summed E-state index contributed by atoms with van der Waals surface area (Å²) in [6.07, 6.45) is 5.94. The van der Waals surface area contributed by atoms with Crippen LogP contribution in [0.15, 0.2) is 24.7 Å². The normalized spacial score (nSPS) is 28.1. The summed E-state index contributed by atoms with van der Waals surface area (Å²) < 4.78 is 1.94. The number of piperidine rings is 1. The number of amides is 1. The van der Waals surface area contributed by atoms with Crippen LogP contribution in [0.4, 0.5) is 0 Å². The van der Waals surface area contributed by atoms with Gasteiger partial charge in [0.25, 0.3) is 5.91 Å². The average molecular weight is 270 g/mol. The lowest BCUT2D eigenvalue weighted by molar-refractivity contribution is 0.0923. The monoisotopic (exact) mass is 270 g/mol. The number of aromatic nitrogens is 2. The molecule has 3 heterocycles. The second kappa shape index (κ2) is 4.31. The van der Waals surface area contributed by atoms with Crippen molar-refractivity contribution in [2.24, 2.45) is 5.92 Å². The summed E-state index contributed by atoms with van der Waals surface area (Å²) in [5.41, 5.74) is 2.70. The van der Waals surface area contributed by atoms with Crippen LogP contribution < -0.4 is 10.6 Å². The zero-order valence-electron chi connectivity index (χ0n) is 11.5. The minimum Gasteiger partial charge on any atom is -0.346 e.